The van der Waals surface area contributed by atoms with E-state index in [9.17, 15) is 4.79 Å². The fourth-order valence-corrected chi connectivity index (χ4v) is 3.19. The minimum atomic E-state index is -0.498. The maximum atomic E-state index is 12.7. The average molecular weight is 369 g/mol. The highest BCUT2D eigenvalue weighted by Crippen LogP contribution is 2.27. The zero-order valence-electron chi connectivity index (χ0n) is 16.2. The molecule has 0 fully saturated rings. The summed E-state index contributed by atoms with van der Waals surface area (Å²) in [6, 6.07) is 13.6. The van der Waals surface area contributed by atoms with Crippen molar-refractivity contribution in [3.8, 4) is 11.5 Å². The van der Waals surface area contributed by atoms with E-state index >= 15 is 0 Å². The number of hydrogen-bond acceptors (Lipinski definition) is 4. The van der Waals surface area contributed by atoms with Gasteiger partial charge in [-0.25, -0.2) is 0 Å². The van der Waals surface area contributed by atoms with Crippen LogP contribution in [0.5, 0.6) is 11.5 Å². The maximum absolute atomic E-state index is 12.7. The molecule has 1 atom stereocenters. The van der Waals surface area contributed by atoms with Gasteiger partial charge in [-0.15, -0.1) is 0 Å². The maximum Gasteiger partial charge on any atom is 0.253 e. The van der Waals surface area contributed by atoms with Gasteiger partial charge in [0.15, 0.2) is 0 Å². The highest BCUT2D eigenvalue weighted by Gasteiger charge is 2.24. The van der Waals surface area contributed by atoms with Crippen molar-refractivity contribution < 1.29 is 19.0 Å². The van der Waals surface area contributed by atoms with Crippen LogP contribution in [0.3, 0.4) is 0 Å². The first-order chi connectivity index (χ1) is 13.1. The number of hydrogen-bond donors (Lipinski definition) is 1. The number of nitrogens with one attached hydrogen (secondary N) is 1. The molecule has 1 aliphatic heterocycles. The summed E-state index contributed by atoms with van der Waals surface area (Å²) in [7, 11) is 1.67. The number of benzene rings is 2. The molecule has 0 saturated heterocycles. The molecule has 1 N–H and O–H groups in total. The van der Waals surface area contributed by atoms with Crippen molar-refractivity contribution in [2.75, 3.05) is 19.0 Å². The van der Waals surface area contributed by atoms with E-state index in [1.807, 2.05) is 50.2 Å². The van der Waals surface area contributed by atoms with E-state index < -0.39 is 6.10 Å². The van der Waals surface area contributed by atoms with E-state index in [0.29, 0.717) is 24.7 Å². The number of aryl methyl sites for hydroxylation is 1. The van der Waals surface area contributed by atoms with Crippen LogP contribution >= 0.6 is 0 Å². The molecule has 1 amide bonds. The van der Waals surface area contributed by atoms with E-state index in [2.05, 4.69) is 11.4 Å². The van der Waals surface area contributed by atoms with Gasteiger partial charge in [-0.1, -0.05) is 32.0 Å². The summed E-state index contributed by atoms with van der Waals surface area (Å²) in [5.74, 6) is 1.39. The van der Waals surface area contributed by atoms with Crippen LogP contribution in [-0.4, -0.2) is 25.7 Å². The fourth-order valence-electron chi connectivity index (χ4n) is 3.19. The molecule has 144 valence electrons. The lowest BCUT2D eigenvalue weighted by atomic mass is 10.0. The van der Waals surface area contributed by atoms with E-state index in [4.69, 9.17) is 14.2 Å². The Hall–Kier alpha value is -2.53. The molecule has 2 aromatic rings. The van der Waals surface area contributed by atoms with Gasteiger partial charge in [0.25, 0.3) is 5.91 Å². The number of para-hydroxylation sites is 2. The summed E-state index contributed by atoms with van der Waals surface area (Å²) < 4.78 is 17.4. The van der Waals surface area contributed by atoms with Gasteiger partial charge in [-0.2, -0.15) is 0 Å². The third-order valence-electron chi connectivity index (χ3n) is 4.57. The summed E-state index contributed by atoms with van der Waals surface area (Å²) in [6.45, 7) is 4.91. The Morgan fingerprint density at radius 2 is 1.93 bits per heavy atom. The molecule has 1 unspecified atom stereocenters. The Balaban J connectivity index is 1.92. The van der Waals surface area contributed by atoms with Crippen LogP contribution in [0, 0.1) is 5.92 Å². The number of carbonyl (C=O) groups is 1. The second-order valence-electron chi connectivity index (χ2n) is 7.10. The molecule has 2 bridgehead atoms. The van der Waals surface area contributed by atoms with Crippen molar-refractivity contribution in [1.29, 1.82) is 0 Å². The minimum Gasteiger partial charge on any atom is -0.497 e. The van der Waals surface area contributed by atoms with Crippen LogP contribution in [0.2, 0.25) is 0 Å². The molecule has 0 aliphatic carbocycles. The quantitative estimate of drug-likeness (QED) is 0.862. The minimum absolute atomic E-state index is 0.0782. The molecule has 5 heteroatoms. The van der Waals surface area contributed by atoms with E-state index in [1.165, 1.54) is 5.56 Å². The number of amides is 1. The van der Waals surface area contributed by atoms with Crippen molar-refractivity contribution in [3.05, 3.63) is 53.6 Å². The van der Waals surface area contributed by atoms with Gasteiger partial charge in [0.2, 0.25) is 0 Å². The lowest BCUT2D eigenvalue weighted by molar-refractivity contribution is -0.130. The standard InChI is InChI=1S/C22H27NO4/c1-15(2)21-22(24)23-19-8-4-5-9-20(19)27-14-17-11-16(7-6-10-26-21)12-18(13-17)25-3/h4-5,8-9,11-13,15,21H,6-7,10,14H2,1-3H3,(H,23,24). The number of ether oxygens (including phenoxy) is 3. The molecule has 1 heterocycles. The number of fused-ring (bicyclic) bond motifs is 3. The second kappa shape index (κ2) is 8.91. The number of anilines is 1. The molecular formula is C22H27NO4. The molecule has 1 aliphatic rings. The van der Waals surface area contributed by atoms with Crippen molar-refractivity contribution >= 4 is 11.6 Å². The molecule has 27 heavy (non-hydrogen) atoms. The van der Waals surface area contributed by atoms with Gasteiger partial charge < -0.3 is 19.5 Å². The first kappa shape index (κ1) is 19.2. The van der Waals surface area contributed by atoms with E-state index in [-0.39, 0.29) is 11.8 Å². The van der Waals surface area contributed by atoms with Crippen LogP contribution in [0.25, 0.3) is 0 Å². The predicted molar refractivity (Wildman–Crippen MR) is 105 cm³/mol. The van der Waals surface area contributed by atoms with Crippen LogP contribution < -0.4 is 14.8 Å². The van der Waals surface area contributed by atoms with Crippen LogP contribution in [0.1, 0.15) is 31.4 Å². The van der Waals surface area contributed by atoms with Crippen molar-refractivity contribution in [1.82, 2.24) is 0 Å². The number of carbonyl (C=O) groups excluding carboxylic acids is 1. The lowest BCUT2D eigenvalue weighted by Gasteiger charge is -2.22. The Kier molecular flexibility index (Phi) is 6.35. The third-order valence-corrected chi connectivity index (χ3v) is 4.57. The van der Waals surface area contributed by atoms with E-state index in [1.54, 1.807) is 7.11 Å². The lowest BCUT2D eigenvalue weighted by Crippen LogP contribution is -2.35. The SMILES string of the molecule is COc1cc2cc(c1)COc1ccccc1NC(=O)C(C(C)C)OCCC2. The molecule has 0 saturated carbocycles. The van der Waals surface area contributed by atoms with Crippen LogP contribution in [-0.2, 0) is 22.6 Å². The summed E-state index contributed by atoms with van der Waals surface area (Å²) in [5, 5.41) is 2.96. The highest BCUT2D eigenvalue weighted by molar-refractivity contribution is 5.95. The first-order valence-corrected chi connectivity index (χ1v) is 9.38. The van der Waals surface area contributed by atoms with Crippen LogP contribution in [0.4, 0.5) is 5.69 Å². The Bertz CT molecular complexity index is 788. The first-order valence-electron chi connectivity index (χ1n) is 9.38. The summed E-state index contributed by atoms with van der Waals surface area (Å²) in [6.07, 6.45) is 1.19. The van der Waals surface area contributed by atoms with Crippen molar-refractivity contribution in [2.45, 2.75) is 39.4 Å². The zero-order valence-corrected chi connectivity index (χ0v) is 16.2. The second-order valence-corrected chi connectivity index (χ2v) is 7.10. The summed E-state index contributed by atoms with van der Waals surface area (Å²) in [4.78, 5) is 12.7. The molecule has 5 nitrogen and oxygen atoms in total. The van der Waals surface area contributed by atoms with Crippen molar-refractivity contribution in [2.24, 2.45) is 5.92 Å². The normalized spacial score (nSPS) is 18.1. The number of methoxy groups -OCH3 is 1. The van der Waals surface area contributed by atoms with Gasteiger partial charge in [0.1, 0.15) is 24.2 Å². The monoisotopic (exact) mass is 369 g/mol. The molecular weight excluding hydrogens is 342 g/mol. The van der Waals surface area contributed by atoms with Gasteiger partial charge in [-0.05, 0) is 54.2 Å². The Labute approximate surface area is 160 Å². The molecule has 0 aromatic heterocycles. The molecule has 0 spiro atoms. The highest BCUT2D eigenvalue weighted by atomic mass is 16.5. The average Bonchev–Trinajstić information content (AvgIpc) is 2.66. The predicted octanol–water partition coefficient (Wildman–Crippen LogP) is 4.20. The number of rotatable bonds is 2. The summed E-state index contributed by atoms with van der Waals surface area (Å²) in [5.41, 5.74) is 2.85. The molecule has 3 rings (SSSR count). The van der Waals surface area contributed by atoms with Crippen molar-refractivity contribution in [3.63, 3.8) is 0 Å². The summed E-state index contributed by atoms with van der Waals surface area (Å²) >= 11 is 0. The van der Waals surface area contributed by atoms with E-state index in [0.717, 1.165) is 24.2 Å². The van der Waals surface area contributed by atoms with Gasteiger partial charge in [-0.3, -0.25) is 4.79 Å². The van der Waals surface area contributed by atoms with Gasteiger partial charge in [0, 0.05) is 6.61 Å². The van der Waals surface area contributed by atoms with Crippen LogP contribution in [0.15, 0.2) is 42.5 Å². The Morgan fingerprint density at radius 3 is 2.70 bits per heavy atom. The smallest absolute Gasteiger partial charge is 0.253 e. The fraction of sp³-hybridized carbons (Fsp3) is 0.409. The molecule has 2 aromatic carbocycles. The third kappa shape index (κ3) is 5.01. The topological polar surface area (TPSA) is 56.8 Å². The Morgan fingerprint density at radius 1 is 1.15 bits per heavy atom. The molecule has 0 radical (unpaired) electrons. The largest absolute Gasteiger partial charge is 0.497 e. The zero-order chi connectivity index (χ0) is 19.2. The van der Waals surface area contributed by atoms with Gasteiger partial charge >= 0.3 is 0 Å². The van der Waals surface area contributed by atoms with Gasteiger partial charge in [0.05, 0.1) is 12.8 Å².